The molecule has 1 aromatic heterocycles. The Balaban J connectivity index is 1.61. The maximum Gasteiger partial charge on any atom is 0.227 e. The molecular weight excluding hydrogens is 366 g/mol. The molecule has 1 heterocycles. The number of rotatable bonds is 4. The SMILES string of the molecule is Cc1ccc(Nc2ccc(NC(=O)C3CCCCC3)cn2)c(Br)c1. The molecule has 0 spiro atoms. The van der Waals surface area contributed by atoms with Crippen LogP contribution in [-0.4, -0.2) is 10.9 Å². The first-order chi connectivity index (χ1) is 11.6. The van der Waals surface area contributed by atoms with Gasteiger partial charge in [0.1, 0.15) is 5.82 Å². The van der Waals surface area contributed by atoms with E-state index >= 15 is 0 Å². The molecule has 5 heteroatoms. The Hall–Kier alpha value is -1.88. The molecule has 0 atom stereocenters. The van der Waals surface area contributed by atoms with Crippen molar-refractivity contribution >= 4 is 39.0 Å². The van der Waals surface area contributed by atoms with E-state index in [1.165, 1.54) is 12.0 Å². The van der Waals surface area contributed by atoms with E-state index in [1.807, 2.05) is 24.3 Å². The van der Waals surface area contributed by atoms with Crippen molar-refractivity contribution in [2.75, 3.05) is 10.6 Å². The Kier molecular flexibility index (Phi) is 5.51. The van der Waals surface area contributed by atoms with Crippen LogP contribution in [-0.2, 0) is 4.79 Å². The molecule has 0 saturated heterocycles. The van der Waals surface area contributed by atoms with E-state index in [9.17, 15) is 4.79 Å². The summed E-state index contributed by atoms with van der Waals surface area (Å²) in [6.07, 6.45) is 7.27. The van der Waals surface area contributed by atoms with Gasteiger partial charge in [0.15, 0.2) is 0 Å². The maximum absolute atomic E-state index is 12.3. The lowest BCUT2D eigenvalue weighted by Crippen LogP contribution is -2.24. The Morgan fingerprint density at radius 1 is 1.17 bits per heavy atom. The average Bonchev–Trinajstić information content (AvgIpc) is 2.60. The molecule has 0 bridgehead atoms. The zero-order valence-corrected chi connectivity index (χ0v) is 15.4. The second kappa shape index (κ2) is 7.79. The summed E-state index contributed by atoms with van der Waals surface area (Å²) >= 11 is 3.55. The van der Waals surface area contributed by atoms with Crippen molar-refractivity contribution in [3.05, 3.63) is 46.6 Å². The maximum atomic E-state index is 12.3. The summed E-state index contributed by atoms with van der Waals surface area (Å²) in [6, 6.07) is 9.88. The predicted octanol–water partition coefficient (Wildman–Crippen LogP) is 5.41. The van der Waals surface area contributed by atoms with Gasteiger partial charge in [-0.3, -0.25) is 4.79 Å². The number of carbonyl (C=O) groups excluding carboxylic acids is 1. The van der Waals surface area contributed by atoms with E-state index in [4.69, 9.17) is 0 Å². The number of pyridine rings is 1. The van der Waals surface area contributed by atoms with E-state index in [1.54, 1.807) is 6.20 Å². The summed E-state index contributed by atoms with van der Waals surface area (Å²) in [6.45, 7) is 2.05. The quantitative estimate of drug-likeness (QED) is 0.736. The van der Waals surface area contributed by atoms with Crippen molar-refractivity contribution < 1.29 is 4.79 Å². The van der Waals surface area contributed by atoms with E-state index in [0.717, 1.165) is 47.3 Å². The van der Waals surface area contributed by atoms with Crippen LogP contribution in [0.3, 0.4) is 0 Å². The predicted molar refractivity (Wildman–Crippen MR) is 102 cm³/mol. The highest BCUT2D eigenvalue weighted by atomic mass is 79.9. The van der Waals surface area contributed by atoms with Crippen LogP contribution < -0.4 is 10.6 Å². The minimum Gasteiger partial charge on any atom is -0.339 e. The van der Waals surface area contributed by atoms with E-state index in [-0.39, 0.29) is 11.8 Å². The summed E-state index contributed by atoms with van der Waals surface area (Å²) in [4.78, 5) is 16.6. The molecule has 0 aliphatic heterocycles. The van der Waals surface area contributed by atoms with Crippen LogP contribution in [0.5, 0.6) is 0 Å². The molecule has 1 aliphatic rings. The Morgan fingerprint density at radius 2 is 1.96 bits per heavy atom. The minimum atomic E-state index is 0.124. The van der Waals surface area contributed by atoms with Gasteiger partial charge in [0, 0.05) is 10.4 Å². The summed E-state index contributed by atoms with van der Waals surface area (Å²) < 4.78 is 0.999. The van der Waals surface area contributed by atoms with Gasteiger partial charge in [0.05, 0.1) is 17.6 Å². The van der Waals surface area contributed by atoms with Gasteiger partial charge in [-0.1, -0.05) is 25.3 Å². The Labute approximate surface area is 151 Å². The topological polar surface area (TPSA) is 54.0 Å². The lowest BCUT2D eigenvalue weighted by Gasteiger charge is -2.20. The second-order valence-corrected chi connectivity index (χ2v) is 7.22. The molecule has 1 fully saturated rings. The first-order valence-electron chi connectivity index (χ1n) is 8.42. The number of halogens is 1. The number of amides is 1. The Morgan fingerprint density at radius 3 is 2.62 bits per heavy atom. The van der Waals surface area contributed by atoms with Gasteiger partial charge in [-0.05, 0) is 65.5 Å². The number of carbonyl (C=O) groups is 1. The van der Waals surface area contributed by atoms with Crippen molar-refractivity contribution in [1.29, 1.82) is 0 Å². The molecule has 0 radical (unpaired) electrons. The van der Waals surface area contributed by atoms with Crippen molar-refractivity contribution in [1.82, 2.24) is 4.98 Å². The molecule has 1 aromatic carbocycles. The van der Waals surface area contributed by atoms with Gasteiger partial charge >= 0.3 is 0 Å². The lowest BCUT2D eigenvalue weighted by molar-refractivity contribution is -0.120. The molecular formula is C19H22BrN3O. The normalized spacial score (nSPS) is 15.1. The van der Waals surface area contributed by atoms with Gasteiger partial charge < -0.3 is 10.6 Å². The average molecular weight is 388 g/mol. The van der Waals surface area contributed by atoms with Gasteiger partial charge in [0.2, 0.25) is 5.91 Å². The summed E-state index contributed by atoms with van der Waals surface area (Å²) in [5.41, 5.74) is 2.91. The molecule has 0 unspecified atom stereocenters. The number of nitrogens with zero attached hydrogens (tertiary/aromatic N) is 1. The minimum absolute atomic E-state index is 0.124. The van der Waals surface area contributed by atoms with Crippen LogP contribution in [0.2, 0.25) is 0 Å². The fourth-order valence-corrected chi connectivity index (χ4v) is 3.60. The van der Waals surface area contributed by atoms with Crippen LogP contribution in [0.4, 0.5) is 17.2 Å². The molecule has 4 nitrogen and oxygen atoms in total. The molecule has 2 aromatic rings. The number of anilines is 3. The smallest absolute Gasteiger partial charge is 0.227 e. The van der Waals surface area contributed by atoms with Crippen LogP contribution >= 0.6 is 15.9 Å². The highest BCUT2D eigenvalue weighted by Crippen LogP contribution is 2.27. The number of hydrogen-bond donors (Lipinski definition) is 2. The summed E-state index contributed by atoms with van der Waals surface area (Å²) in [5, 5.41) is 6.26. The van der Waals surface area contributed by atoms with E-state index in [0.29, 0.717) is 0 Å². The first-order valence-corrected chi connectivity index (χ1v) is 9.21. The van der Waals surface area contributed by atoms with Crippen molar-refractivity contribution in [2.45, 2.75) is 39.0 Å². The molecule has 1 aliphatic carbocycles. The molecule has 126 valence electrons. The molecule has 3 rings (SSSR count). The van der Waals surface area contributed by atoms with Crippen LogP contribution in [0.15, 0.2) is 41.0 Å². The van der Waals surface area contributed by atoms with Gasteiger partial charge in [-0.25, -0.2) is 4.98 Å². The summed E-state index contributed by atoms with van der Waals surface area (Å²) in [7, 11) is 0. The molecule has 2 N–H and O–H groups in total. The monoisotopic (exact) mass is 387 g/mol. The zero-order valence-electron chi connectivity index (χ0n) is 13.8. The zero-order chi connectivity index (χ0) is 16.9. The largest absolute Gasteiger partial charge is 0.339 e. The fraction of sp³-hybridized carbons (Fsp3) is 0.368. The van der Waals surface area contributed by atoms with Crippen LogP contribution in [0.1, 0.15) is 37.7 Å². The number of aromatic nitrogens is 1. The van der Waals surface area contributed by atoms with Crippen molar-refractivity contribution in [2.24, 2.45) is 5.92 Å². The van der Waals surface area contributed by atoms with Gasteiger partial charge in [-0.2, -0.15) is 0 Å². The van der Waals surface area contributed by atoms with Crippen molar-refractivity contribution in [3.63, 3.8) is 0 Å². The number of hydrogen-bond acceptors (Lipinski definition) is 3. The van der Waals surface area contributed by atoms with Crippen LogP contribution in [0, 0.1) is 12.8 Å². The third kappa shape index (κ3) is 4.35. The number of nitrogens with one attached hydrogen (secondary N) is 2. The second-order valence-electron chi connectivity index (χ2n) is 6.36. The fourth-order valence-electron chi connectivity index (χ4n) is 3.01. The first kappa shape index (κ1) is 17.0. The van der Waals surface area contributed by atoms with Gasteiger partial charge in [0.25, 0.3) is 0 Å². The summed E-state index contributed by atoms with van der Waals surface area (Å²) in [5.74, 6) is 1.02. The number of aryl methyl sites for hydroxylation is 1. The van der Waals surface area contributed by atoms with Crippen LogP contribution in [0.25, 0.3) is 0 Å². The third-order valence-corrected chi connectivity index (χ3v) is 5.05. The van der Waals surface area contributed by atoms with Gasteiger partial charge in [-0.15, -0.1) is 0 Å². The highest BCUT2D eigenvalue weighted by molar-refractivity contribution is 9.10. The third-order valence-electron chi connectivity index (χ3n) is 4.39. The van der Waals surface area contributed by atoms with E-state index < -0.39 is 0 Å². The molecule has 1 amide bonds. The lowest BCUT2D eigenvalue weighted by atomic mass is 9.88. The number of benzene rings is 1. The Bertz CT molecular complexity index is 709. The highest BCUT2D eigenvalue weighted by Gasteiger charge is 2.21. The van der Waals surface area contributed by atoms with E-state index in [2.05, 4.69) is 44.5 Å². The standard InChI is InChI=1S/C19H22BrN3O/c1-13-7-9-17(16(20)11-13)23-18-10-8-15(12-21-18)22-19(24)14-5-3-2-4-6-14/h7-12,14H,2-6H2,1H3,(H,21,23)(H,22,24). The molecule has 24 heavy (non-hydrogen) atoms. The molecule has 1 saturated carbocycles. The van der Waals surface area contributed by atoms with Crippen molar-refractivity contribution in [3.8, 4) is 0 Å².